The molecule has 0 unspecified atom stereocenters. The monoisotopic (exact) mass is 210 g/mol. The lowest BCUT2D eigenvalue weighted by molar-refractivity contribution is 0.302. The van der Waals surface area contributed by atoms with Gasteiger partial charge in [0.15, 0.2) is 0 Å². The first kappa shape index (κ1) is 14.4. The van der Waals surface area contributed by atoms with Gasteiger partial charge in [-0.15, -0.1) is 0 Å². The SMILES string of the molecule is CCCCCCCC=CCC=CCCO. The Balaban J connectivity index is 3.10. The molecular formula is C14H26O. The standard InChI is InChI=1S/C14H26O/c1-2-3-4-5-6-7-8-9-10-11-12-13-14-15/h8-9,11-12,15H,2-7,10,13-14H2,1H3. The van der Waals surface area contributed by atoms with Crippen LogP contribution in [0, 0.1) is 0 Å². The van der Waals surface area contributed by atoms with Gasteiger partial charge in [0.05, 0.1) is 0 Å². The molecule has 0 fully saturated rings. The topological polar surface area (TPSA) is 20.2 Å². The molecule has 1 N–H and O–H groups in total. The summed E-state index contributed by atoms with van der Waals surface area (Å²) in [6.07, 6.45) is 18.4. The smallest absolute Gasteiger partial charge is 0.0465 e. The van der Waals surface area contributed by atoms with E-state index in [9.17, 15) is 0 Å². The maximum Gasteiger partial charge on any atom is 0.0465 e. The summed E-state index contributed by atoms with van der Waals surface area (Å²) >= 11 is 0. The molecule has 0 atom stereocenters. The van der Waals surface area contributed by atoms with Crippen molar-refractivity contribution in [2.45, 2.75) is 58.3 Å². The quantitative estimate of drug-likeness (QED) is 0.422. The lowest BCUT2D eigenvalue weighted by Gasteiger charge is -1.95. The van der Waals surface area contributed by atoms with E-state index in [2.05, 4.69) is 25.2 Å². The lowest BCUT2D eigenvalue weighted by atomic mass is 10.1. The summed E-state index contributed by atoms with van der Waals surface area (Å²) < 4.78 is 0. The van der Waals surface area contributed by atoms with Gasteiger partial charge in [-0.25, -0.2) is 0 Å². The second-order valence-electron chi connectivity index (χ2n) is 3.89. The van der Waals surface area contributed by atoms with Crippen LogP contribution in [0.5, 0.6) is 0 Å². The number of unbranched alkanes of at least 4 members (excludes halogenated alkanes) is 5. The zero-order chi connectivity index (χ0) is 11.2. The molecule has 0 aromatic heterocycles. The minimum Gasteiger partial charge on any atom is -0.396 e. The molecule has 0 rings (SSSR count). The highest BCUT2D eigenvalue weighted by atomic mass is 16.2. The Morgan fingerprint density at radius 2 is 1.47 bits per heavy atom. The molecule has 0 saturated heterocycles. The van der Waals surface area contributed by atoms with E-state index in [-0.39, 0.29) is 6.61 Å². The fraction of sp³-hybridized carbons (Fsp3) is 0.714. The Labute approximate surface area is 94.9 Å². The molecule has 0 aliphatic carbocycles. The van der Waals surface area contributed by atoms with Crippen molar-refractivity contribution in [1.82, 2.24) is 0 Å². The lowest BCUT2D eigenvalue weighted by Crippen LogP contribution is -1.76. The van der Waals surface area contributed by atoms with Crippen LogP contribution in [0.15, 0.2) is 24.3 Å². The predicted octanol–water partition coefficient (Wildman–Crippen LogP) is 4.23. The Morgan fingerprint density at radius 3 is 2.13 bits per heavy atom. The zero-order valence-electron chi connectivity index (χ0n) is 10.1. The molecule has 0 saturated carbocycles. The van der Waals surface area contributed by atoms with Crippen LogP contribution in [0.2, 0.25) is 0 Å². The number of aliphatic hydroxyl groups excluding tert-OH is 1. The van der Waals surface area contributed by atoms with E-state index in [1.807, 2.05) is 6.08 Å². The van der Waals surface area contributed by atoms with Crippen molar-refractivity contribution in [3.05, 3.63) is 24.3 Å². The first-order chi connectivity index (χ1) is 7.41. The second kappa shape index (κ2) is 13.4. The van der Waals surface area contributed by atoms with E-state index in [1.54, 1.807) is 0 Å². The Bertz CT molecular complexity index is 159. The van der Waals surface area contributed by atoms with E-state index in [0.29, 0.717) is 0 Å². The molecule has 0 aliphatic rings. The molecular weight excluding hydrogens is 184 g/mol. The number of aliphatic hydroxyl groups is 1. The third-order valence-corrected chi connectivity index (χ3v) is 2.38. The van der Waals surface area contributed by atoms with Crippen LogP contribution in [0.4, 0.5) is 0 Å². The fourth-order valence-electron chi connectivity index (χ4n) is 1.45. The van der Waals surface area contributed by atoms with Crippen LogP contribution in [-0.2, 0) is 0 Å². The molecule has 0 aliphatic heterocycles. The molecule has 88 valence electrons. The summed E-state index contributed by atoms with van der Waals surface area (Å²) in [4.78, 5) is 0. The van der Waals surface area contributed by atoms with E-state index >= 15 is 0 Å². The molecule has 0 bridgehead atoms. The van der Waals surface area contributed by atoms with Crippen LogP contribution < -0.4 is 0 Å². The predicted molar refractivity (Wildman–Crippen MR) is 68.0 cm³/mol. The summed E-state index contributed by atoms with van der Waals surface area (Å²) in [6.45, 7) is 2.51. The van der Waals surface area contributed by atoms with Gasteiger partial charge >= 0.3 is 0 Å². The van der Waals surface area contributed by atoms with Crippen molar-refractivity contribution < 1.29 is 5.11 Å². The Hall–Kier alpha value is -0.560. The van der Waals surface area contributed by atoms with E-state index in [4.69, 9.17) is 5.11 Å². The second-order valence-corrected chi connectivity index (χ2v) is 3.89. The van der Waals surface area contributed by atoms with Crippen molar-refractivity contribution in [2.24, 2.45) is 0 Å². The van der Waals surface area contributed by atoms with Gasteiger partial charge in [0.25, 0.3) is 0 Å². The number of allylic oxidation sites excluding steroid dienone is 3. The summed E-state index contributed by atoms with van der Waals surface area (Å²) in [7, 11) is 0. The van der Waals surface area contributed by atoms with Crippen molar-refractivity contribution in [3.8, 4) is 0 Å². The number of hydrogen-bond acceptors (Lipinski definition) is 1. The van der Waals surface area contributed by atoms with E-state index in [0.717, 1.165) is 12.8 Å². The van der Waals surface area contributed by atoms with Gasteiger partial charge in [0.1, 0.15) is 0 Å². The zero-order valence-corrected chi connectivity index (χ0v) is 10.1. The van der Waals surface area contributed by atoms with Crippen LogP contribution >= 0.6 is 0 Å². The minimum absolute atomic E-state index is 0.262. The molecule has 0 spiro atoms. The summed E-state index contributed by atoms with van der Waals surface area (Å²) in [5.41, 5.74) is 0. The average Bonchev–Trinajstić information content (AvgIpc) is 2.26. The fourth-order valence-corrected chi connectivity index (χ4v) is 1.45. The minimum atomic E-state index is 0.262. The van der Waals surface area contributed by atoms with Crippen molar-refractivity contribution in [1.29, 1.82) is 0 Å². The summed E-state index contributed by atoms with van der Waals surface area (Å²) in [5.74, 6) is 0. The third-order valence-electron chi connectivity index (χ3n) is 2.38. The van der Waals surface area contributed by atoms with Gasteiger partial charge in [-0.2, -0.15) is 0 Å². The first-order valence-electron chi connectivity index (χ1n) is 6.32. The molecule has 0 heterocycles. The average molecular weight is 210 g/mol. The number of rotatable bonds is 10. The van der Waals surface area contributed by atoms with Crippen LogP contribution in [0.25, 0.3) is 0 Å². The molecule has 0 amide bonds. The Morgan fingerprint density at radius 1 is 0.800 bits per heavy atom. The highest BCUT2D eigenvalue weighted by molar-refractivity contribution is 4.92. The molecule has 1 heteroatoms. The maximum atomic E-state index is 8.54. The van der Waals surface area contributed by atoms with Gasteiger partial charge < -0.3 is 5.11 Å². The molecule has 0 aromatic carbocycles. The normalized spacial score (nSPS) is 11.9. The van der Waals surface area contributed by atoms with Gasteiger partial charge in [-0.05, 0) is 25.7 Å². The van der Waals surface area contributed by atoms with Gasteiger partial charge in [0.2, 0.25) is 0 Å². The van der Waals surface area contributed by atoms with Gasteiger partial charge in [-0.1, -0.05) is 56.9 Å². The molecule has 15 heavy (non-hydrogen) atoms. The van der Waals surface area contributed by atoms with Crippen molar-refractivity contribution in [2.75, 3.05) is 6.61 Å². The highest BCUT2D eigenvalue weighted by Crippen LogP contribution is 2.05. The van der Waals surface area contributed by atoms with Crippen LogP contribution in [-0.4, -0.2) is 11.7 Å². The van der Waals surface area contributed by atoms with Crippen molar-refractivity contribution >= 4 is 0 Å². The Kier molecular flexibility index (Phi) is 12.9. The number of hydrogen-bond donors (Lipinski definition) is 1. The first-order valence-corrected chi connectivity index (χ1v) is 6.32. The van der Waals surface area contributed by atoms with Gasteiger partial charge in [0, 0.05) is 6.61 Å². The maximum absolute atomic E-state index is 8.54. The summed E-state index contributed by atoms with van der Waals surface area (Å²) in [5, 5.41) is 8.54. The van der Waals surface area contributed by atoms with Crippen molar-refractivity contribution in [3.63, 3.8) is 0 Å². The van der Waals surface area contributed by atoms with Crippen LogP contribution in [0.1, 0.15) is 58.3 Å². The van der Waals surface area contributed by atoms with Crippen LogP contribution in [0.3, 0.4) is 0 Å². The molecule has 0 radical (unpaired) electrons. The van der Waals surface area contributed by atoms with Gasteiger partial charge in [-0.3, -0.25) is 0 Å². The molecule has 0 aromatic rings. The van der Waals surface area contributed by atoms with E-state index < -0.39 is 0 Å². The van der Waals surface area contributed by atoms with E-state index in [1.165, 1.54) is 38.5 Å². The highest BCUT2D eigenvalue weighted by Gasteiger charge is 1.85. The largest absolute Gasteiger partial charge is 0.396 e. The molecule has 1 nitrogen and oxygen atoms in total. The summed E-state index contributed by atoms with van der Waals surface area (Å²) in [6, 6.07) is 0. The third kappa shape index (κ3) is 13.4.